The van der Waals surface area contributed by atoms with Crippen LogP contribution in [0.2, 0.25) is 0 Å². The van der Waals surface area contributed by atoms with E-state index in [9.17, 15) is 21.6 Å². The van der Waals surface area contributed by atoms with Crippen LogP contribution in [0.1, 0.15) is 13.3 Å². The summed E-state index contributed by atoms with van der Waals surface area (Å²) < 4.78 is 54.8. The standard InChI is InChI=1S/C14H20N2O6S2/c1-10(17)15-13-8-12(4-5-14(13)22-3)24(20,21)16(2)11-6-7-23(18,19)9-11/h4-5,8,11H,6-7,9H2,1-3H3,(H,15,17)/t11-/m1/s1. The molecule has 1 amide bonds. The molecule has 0 aliphatic carbocycles. The van der Waals surface area contributed by atoms with Crippen molar-refractivity contribution >= 4 is 31.5 Å². The Morgan fingerprint density at radius 3 is 2.54 bits per heavy atom. The summed E-state index contributed by atoms with van der Waals surface area (Å²) in [4.78, 5) is 11.2. The number of carbonyl (C=O) groups is 1. The molecule has 24 heavy (non-hydrogen) atoms. The highest BCUT2D eigenvalue weighted by atomic mass is 32.2. The predicted octanol–water partition coefficient (Wildman–Crippen LogP) is 0.461. The van der Waals surface area contributed by atoms with Gasteiger partial charge in [0.25, 0.3) is 0 Å². The Bertz CT molecular complexity index is 848. The maximum absolute atomic E-state index is 12.7. The smallest absolute Gasteiger partial charge is 0.243 e. The van der Waals surface area contributed by atoms with E-state index in [0.717, 1.165) is 4.31 Å². The van der Waals surface area contributed by atoms with Gasteiger partial charge in [-0.15, -0.1) is 0 Å². The number of methoxy groups -OCH3 is 1. The van der Waals surface area contributed by atoms with Crippen LogP contribution in [0.4, 0.5) is 5.69 Å². The third kappa shape index (κ3) is 3.87. The first-order valence-corrected chi connectivity index (χ1v) is 10.5. The van der Waals surface area contributed by atoms with Crippen LogP contribution in [0.5, 0.6) is 5.75 Å². The van der Waals surface area contributed by atoms with Crippen molar-refractivity contribution in [2.24, 2.45) is 0 Å². The number of amides is 1. The van der Waals surface area contributed by atoms with Gasteiger partial charge in [0.15, 0.2) is 9.84 Å². The highest BCUT2D eigenvalue weighted by molar-refractivity contribution is 7.92. The Balaban J connectivity index is 2.36. The van der Waals surface area contributed by atoms with Gasteiger partial charge in [-0.25, -0.2) is 16.8 Å². The van der Waals surface area contributed by atoms with Gasteiger partial charge in [-0.05, 0) is 24.6 Å². The van der Waals surface area contributed by atoms with E-state index in [0.29, 0.717) is 5.75 Å². The summed E-state index contributed by atoms with van der Waals surface area (Å²) in [6, 6.07) is 3.51. The van der Waals surface area contributed by atoms with E-state index in [1.165, 1.54) is 39.3 Å². The predicted molar refractivity (Wildman–Crippen MR) is 89.3 cm³/mol. The highest BCUT2D eigenvalue weighted by Crippen LogP contribution is 2.30. The molecule has 0 unspecified atom stereocenters. The molecule has 0 spiro atoms. The third-order valence-corrected chi connectivity index (χ3v) is 7.54. The number of ether oxygens (including phenoxy) is 1. The van der Waals surface area contributed by atoms with Crippen LogP contribution in [0, 0.1) is 0 Å². The Morgan fingerprint density at radius 2 is 2.04 bits per heavy atom. The van der Waals surface area contributed by atoms with Crippen LogP contribution in [-0.4, -0.2) is 58.8 Å². The van der Waals surface area contributed by atoms with Crippen molar-refractivity contribution in [3.05, 3.63) is 18.2 Å². The van der Waals surface area contributed by atoms with E-state index in [4.69, 9.17) is 4.74 Å². The summed E-state index contributed by atoms with van der Waals surface area (Å²) in [5.41, 5.74) is 0.235. The van der Waals surface area contributed by atoms with Gasteiger partial charge < -0.3 is 10.1 Å². The average molecular weight is 376 g/mol. The molecular formula is C14H20N2O6S2. The minimum atomic E-state index is -3.89. The second kappa shape index (κ2) is 6.69. The van der Waals surface area contributed by atoms with Crippen LogP contribution in [0.25, 0.3) is 0 Å². The number of nitrogens with one attached hydrogen (secondary N) is 1. The highest BCUT2D eigenvalue weighted by Gasteiger charge is 2.36. The fraction of sp³-hybridized carbons (Fsp3) is 0.500. The molecule has 134 valence electrons. The van der Waals surface area contributed by atoms with Gasteiger partial charge in [-0.3, -0.25) is 4.79 Å². The Hall–Kier alpha value is -1.65. The number of sulfone groups is 1. The number of benzene rings is 1. The van der Waals surface area contributed by atoms with Crippen LogP contribution < -0.4 is 10.1 Å². The van der Waals surface area contributed by atoms with E-state index in [1.54, 1.807) is 0 Å². The van der Waals surface area contributed by atoms with E-state index < -0.39 is 25.9 Å². The molecule has 0 aromatic heterocycles. The van der Waals surface area contributed by atoms with Crippen molar-refractivity contribution in [3.63, 3.8) is 0 Å². The number of anilines is 1. The quantitative estimate of drug-likeness (QED) is 0.799. The van der Waals surface area contributed by atoms with Crippen molar-refractivity contribution in [1.29, 1.82) is 0 Å². The van der Waals surface area contributed by atoms with E-state index in [2.05, 4.69) is 5.32 Å². The summed E-state index contributed by atoms with van der Waals surface area (Å²) in [5.74, 6) is -0.234. The topological polar surface area (TPSA) is 110 Å². The summed E-state index contributed by atoms with van der Waals surface area (Å²) in [5, 5.41) is 2.52. The Kier molecular flexibility index (Phi) is 5.21. The number of sulfonamides is 1. The number of hydrogen-bond donors (Lipinski definition) is 1. The first-order chi connectivity index (χ1) is 11.1. The van der Waals surface area contributed by atoms with Crippen LogP contribution in [-0.2, 0) is 24.7 Å². The zero-order valence-electron chi connectivity index (χ0n) is 13.6. The fourth-order valence-electron chi connectivity index (χ4n) is 2.56. The lowest BCUT2D eigenvalue weighted by atomic mass is 10.3. The molecule has 1 aromatic rings. The number of hydrogen-bond acceptors (Lipinski definition) is 6. The molecule has 1 N–H and O–H groups in total. The minimum Gasteiger partial charge on any atom is -0.495 e. The van der Waals surface area contributed by atoms with Crippen LogP contribution in [0.3, 0.4) is 0 Å². The van der Waals surface area contributed by atoms with E-state index in [1.807, 2.05) is 0 Å². The largest absolute Gasteiger partial charge is 0.495 e. The minimum absolute atomic E-state index is 0.0166. The van der Waals surface area contributed by atoms with Crippen molar-refractivity contribution < 1.29 is 26.4 Å². The van der Waals surface area contributed by atoms with Crippen LogP contribution in [0.15, 0.2) is 23.1 Å². The van der Waals surface area contributed by atoms with Gasteiger partial charge >= 0.3 is 0 Å². The molecule has 1 aliphatic rings. The molecule has 0 saturated carbocycles. The summed E-state index contributed by atoms with van der Waals surface area (Å²) in [7, 11) is -4.32. The third-order valence-electron chi connectivity index (χ3n) is 3.88. The molecule has 1 heterocycles. The molecule has 1 aromatic carbocycles. The summed E-state index contributed by atoms with van der Waals surface area (Å²) in [6.07, 6.45) is 0.271. The molecule has 0 radical (unpaired) electrons. The van der Waals surface area contributed by atoms with Crippen molar-refractivity contribution in [2.45, 2.75) is 24.3 Å². The molecule has 8 nitrogen and oxygen atoms in total. The Labute approximate surface area is 141 Å². The summed E-state index contributed by atoms with van der Waals surface area (Å²) in [6.45, 7) is 1.30. The number of carbonyl (C=O) groups excluding carboxylic acids is 1. The van der Waals surface area contributed by atoms with Crippen molar-refractivity contribution in [1.82, 2.24) is 4.31 Å². The van der Waals surface area contributed by atoms with Gasteiger partial charge in [0, 0.05) is 20.0 Å². The van der Waals surface area contributed by atoms with Crippen molar-refractivity contribution in [2.75, 3.05) is 31.0 Å². The molecular weight excluding hydrogens is 356 g/mol. The maximum Gasteiger partial charge on any atom is 0.243 e. The molecule has 0 bridgehead atoms. The SMILES string of the molecule is COc1ccc(S(=O)(=O)N(C)[C@@H]2CCS(=O)(=O)C2)cc1NC(C)=O. The maximum atomic E-state index is 12.7. The second-order valence-corrected chi connectivity index (χ2v) is 9.85. The average Bonchev–Trinajstić information content (AvgIpc) is 2.85. The Morgan fingerprint density at radius 1 is 1.38 bits per heavy atom. The zero-order chi connectivity index (χ0) is 18.1. The van der Waals surface area contributed by atoms with Crippen molar-refractivity contribution in [3.8, 4) is 5.75 Å². The summed E-state index contributed by atoms with van der Waals surface area (Å²) >= 11 is 0. The lowest BCUT2D eigenvalue weighted by Gasteiger charge is -2.23. The first kappa shape index (κ1) is 18.7. The van der Waals surface area contributed by atoms with Gasteiger partial charge in [0.1, 0.15) is 5.75 Å². The fourth-order valence-corrected chi connectivity index (χ4v) is 5.84. The monoisotopic (exact) mass is 376 g/mol. The van der Waals surface area contributed by atoms with E-state index >= 15 is 0 Å². The second-order valence-electron chi connectivity index (χ2n) is 5.62. The van der Waals surface area contributed by atoms with Gasteiger partial charge in [-0.1, -0.05) is 0 Å². The lowest BCUT2D eigenvalue weighted by Crippen LogP contribution is -2.37. The van der Waals surface area contributed by atoms with Gasteiger partial charge in [0.05, 0.1) is 29.2 Å². The lowest BCUT2D eigenvalue weighted by molar-refractivity contribution is -0.114. The molecule has 1 saturated heterocycles. The normalized spacial score (nSPS) is 20.1. The van der Waals surface area contributed by atoms with E-state index in [-0.39, 0.29) is 34.4 Å². The molecule has 1 atom stereocenters. The molecule has 10 heteroatoms. The molecule has 1 fully saturated rings. The molecule has 1 aliphatic heterocycles. The number of nitrogens with zero attached hydrogens (tertiary/aromatic N) is 1. The zero-order valence-corrected chi connectivity index (χ0v) is 15.3. The number of rotatable bonds is 5. The van der Waals surface area contributed by atoms with Crippen LogP contribution >= 0.6 is 0 Å². The molecule has 2 rings (SSSR count). The van der Waals surface area contributed by atoms with Gasteiger partial charge in [0.2, 0.25) is 15.9 Å². The van der Waals surface area contributed by atoms with Gasteiger partial charge in [-0.2, -0.15) is 4.31 Å². The first-order valence-electron chi connectivity index (χ1n) is 7.21.